The van der Waals surface area contributed by atoms with Crippen molar-refractivity contribution < 1.29 is 27.5 Å². The van der Waals surface area contributed by atoms with Crippen LogP contribution in [-0.2, 0) is 24.0 Å². The second kappa shape index (κ2) is 9.52. The number of ether oxygens (including phenoxy) is 1. The predicted octanol–water partition coefficient (Wildman–Crippen LogP) is 6.79. The lowest BCUT2D eigenvalue weighted by molar-refractivity contribution is -0.137. The van der Waals surface area contributed by atoms with Gasteiger partial charge in [0.1, 0.15) is 0 Å². The van der Waals surface area contributed by atoms with Gasteiger partial charge in [-0.3, -0.25) is 4.79 Å². The van der Waals surface area contributed by atoms with Gasteiger partial charge in [-0.05, 0) is 78.1 Å². The molecule has 0 saturated heterocycles. The van der Waals surface area contributed by atoms with Crippen LogP contribution in [0.5, 0.6) is 0 Å². The van der Waals surface area contributed by atoms with Crippen LogP contribution in [0.4, 0.5) is 18.9 Å². The van der Waals surface area contributed by atoms with Gasteiger partial charge < -0.3 is 14.2 Å². The molecule has 0 N–H and O–H groups in total. The third-order valence-corrected chi connectivity index (χ3v) is 6.99. The molecule has 1 aromatic heterocycles. The SMILES string of the molecule is COC(=O)c1ccc2c(c1)N(C(=O)c1ccc(-c3ccccc3C(F)(F)F)c(C)c1)Cc1c(C)ccn1C2. The van der Waals surface area contributed by atoms with Crippen molar-refractivity contribution in [2.24, 2.45) is 0 Å². The average Bonchev–Trinajstić information content (AvgIpc) is 3.14. The minimum Gasteiger partial charge on any atom is -0.465 e. The highest BCUT2D eigenvalue weighted by Gasteiger charge is 2.34. The molecule has 38 heavy (non-hydrogen) atoms. The molecule has 5 nitrogen and oxygen atoms in total. The van der Waals surface area contributed by atoms with Crippen molar-refractivity contribution in [3.63, 3.8) is 0 Å². The summed E-state index contributed by atoms with van der Waals surface area (Å²) in [5.74, 6) is -0.829. The largest absolute Gasteiger partial charge is 0.465 e. The first kappa shape index (κ1) is 25.3. The number of carbonyl (C=O) groups excluding carboxylic acids is 2. The van der Waals surface area contributed by atoms with E-state index in [9.17, 15) is 22.8 Å². The standard InChI is InChI=1S/C30H25F3N2O3/c1-18-12-13-34-16-22-9-8-21(29(37)38-3)15-26(22)35(17-27(18)34)28(36)20-10-11-23(19(2)14-20)24-6-4-5-7-25(24)30(31,32)33/h4-15H,16-17H2,1-3H3. The second-order valence-corrected chi connectivity index (χ2v) is 9.37. The summed E-state index contributed by atoms with van der Waals surface area (Å²) in [6.45, 7) is 4.46. The van der Waals surface area contributed by atoms with Gasteiger partial charge in [0.2, 0.25) is 0 Å². The molecule has 8 heteroatoms. The van der Waals surface area contributed by atoms with Crippen molar-refractivity contribution in [3.05, 3.63) is 112 Å². The Hall–Kier alpha value is -4.33. The van der Waals surface area contributed by atoms with Gasteiger partial charge in [0, 0.05) is 24.0 Å². The van der Waals surface area contributed by atoms with Crippen molar-refractivity contribution in [2.75, 3.05) is 12.0 Å². The van der Waals surface area contributed by atoms with E-state index in [2.05, 4.69) is 4.57 Å². The van der Waals surface area contributed by atoms with Crippen LogP contribution >= 0.6 is 0 Å². The molecule has 0 fully saturated rings. The van der Waals surface area contributed by atoms with E-state index >= 15 is 0 Å². The molecule has 194 valence electrons. The molecule has 0 radical (unpaired) electrons. The Labute approximate surface area is 218 Å². The maximum Gasteiger partial charge on any atom is 0.417 e. The van der Waals surface area contributed by atoms with Crippen LogP contribution < -0.4 is 4.90 Å². The van der Waals surface area contributed by atoms with Crippen molar-refractivity contribution in [1.29, 1.82) is 0 Å². The highest BCUT2D eigenvalue weighted by atomic mass is 19.4. The van der Waals surface area contributed by atoms with Crippen LogP contribution in [-0.4, -0.2) is 23.6 Å². The Bertz CT molecular complexity index is 1570. The minimum absolute atomic E-state index is 0.0628. The Morgan fingerprint density at radius 3 is 2.29 bits per heavy atom. The molecule has 1 aliphatic heterocycles. The first-order valence-corrected chi connectivity index (χ1v) is 12.0. The van der Waals surface area contributed by atoms with Crippen LogP contribution in [0.1, 0.15) is 48.7 Å². The fraction of sp³-hybridized carbons (Fsp3) is 0.200. The van der Waals surface area contributed by atoms with Gasteiger partial charge in [0.15, 0.2) is 0 Å². The molecule has 0 atom stereocenters. The number of halogens is 3. The lowest BCUT2D eigenvalue weighted by atomic mass is 9.94. The quantitative estimate of drug-likeness (QED) is 0.281. The van der Waals surface area contributed by atoms with E-state index in [0.29, 0.717) is 34.5 Å². The highest BCUT2D eigenvalue weighted by Crippen LogP contribution is 2.38. The zero-order chi connectivity index (χ0) is 27.2. The monoisotopic (exact) mass is 518 g/mol. The van der Waals surface area contributed by atoms with Gasteiger partial charge in [-0.1, -0.05) is 30.3 Å². The van der Waals surface area contributed by atoms with E-state index in [4.69, 9.17) is 4.74 Å². The summed E-state index contributed by atoms with van der Waals surface area (Å²) < 4.78 is 47.9. The number of carbonyl (C=O) groups is 2. The number of anilines is 1. The van der Waals surface area contributed by atoms with Crippen molar-refractivity contribution >= 4 is 17.6 Å². The van der Waals surface area contributed by atoms with Gasteiger partial charge in [0.25, 0.3) is 5.91 Å². The van der Waals surface area contributed by atoms with Gasteiger partial charge >= 0.3 is 12.1 Å². The molecular weight excluding hydrogens is 493 g/mol. The van der Waals surface area contributed by atoms with Crippen molar-refractivity contribution in [2.45, 2.75) is 33.1 Å². The molecule has 1 aliphatic rings. The summed E-state index contributed by atoms with van der Waals surface area (Å²) in [7, 11) is 1.30. The number of aromatic nitrogens is 1. The Morgan fingerprint density at radius 1 is 0.842 bits per heavy atom. The molecule has 0 spiro atoms. The fourth-order valence-corrected chi connectivity index (χ4v) is 4.99. The highest BCUT2D eigenvalue weighted by molar-refractivity contribution is 6.07. The maximum absolute atomic E-state index is 14.0. The van der Waals surface area contributed by atoms with Crippen LogP contribution in [0.25, 0.3) is 11.1 Å². The molecule has 5 rings (SSSR count). The molecule has 0 saturated carbocycles. The predicted molar refractivity (Wildman–Crippen MR) is 138 cm³/mol. The molecule has 0 aliphatic carbocycles. The number of alkyl halides is 3. The Kier molecular flexibility index (Phi) is 6.34. The summed E-state index contributed by atoms with van der Waals surface area (Å²) in [6.07, 6.45) is -2.54. The van der Waals surface area contributed by atoms with E-state index < -0.39 is 17.7 Å². The summed E-state index contributed by atoms with van der Waals surface area (Å²) in [6, 6.07) is 17.3. The number of fused-ring (bicyclic) bond motifs is 2. The lowest BCUT2D eigenvalue weighted by Crippen LogP contribution is -2.31. The number of methoxy groups -OCH3 is 1. The summed E-state index contributed by atoms with van der Waals surface area (Å²) in [5.41, 5.74) is 4.38. The molecule has 4 aromatic rings. The molecule has 1 amide bonds. The van der Waals surface area contributed by atoms with Gasteiger partial charge in [-0.15, -0.1) is 0 Å². The van der Waals surface area contributed by atoms with E-state index in [1.54, 1.807) is 48.2 Å². The van der Waals surface area contributed by atoms with E-state index in [1.807, 2.05) is 25.3 Å². The molecule has 2 heterocycles. The second-order valence-electron chi connectivity index (χ2n) is 9.37. The van der Waals surface area contributed by atoms with Crippen LogP contribution in [0.15, 0.2) is 72.9 Å². The van der Waals surface area contributed by atoms with Gasteiger partial charge in [0.05, 0.1) is 30.5 Å². The summed E-state index contributed by atoms with van der Waals surface area (Å²) >= 11 is 0. The first-order valence-electron chi connectivity index (χ1n) is 12.0. The number of benzene rings is 3. The molecule has 0 unspecified atom stereocenters. The Balaban J connectivity index is 1.59. The number of nitrogens with zero attached hydrogens (tertiary/aromatic N) is 2. The van der Waals surface area contributed by atoms with E-state index in [-0.39, 0.29) is 18.0 Å². The number of hydrogen-bond acceptors (Lipinski definition) is 3. The van der Waals surface area contributed by atoms with Gasteiger partial charge in [-0.25, -0.2) is 4.79 Å². The van der Waals surface area contributed by atoms with E-state index in [1.165, 1.54) is 19.2 Å². The number of rotatable bonds is 3. The van der Waals surface area contributed by atoms with Crippen LogP contribution in [0.3, 0.4) is 0 Å². The third kappa shape index (κ3) is 4.47. The number of amides is 1. The van der Waals surface area contributed by atoms with Crippen molar-refractivity contribution in [3.8, 4) is 11.1 Å². The zero-order valence-corrected chi connectivity index (χ0v) is 21.1. The average molecular weight is 519 g/mol. The Morgan fingerprint density at radius 2 is 1.58 bits per heavy atom. The van der Waals surface area contributed by atoms with Gasteiger partial charge in [-0.2, -0.15) is 13.2 Å². The normalized spacial score (nSPS) is 12.9. The number of esters is 1. The number of hydrogen-bond donors (Lipinski definition) is 0. The van der Waals surface area contributed by atoms with Crippen molar-refractivity contribution in [1.82, 2.24) is 4.57 Å². The summed E-state index contributed by atoms with van der Waals surface area (Å²) in [5, 5.41) is 0. The molecule has 3 aromatic carbocycles. The molecule has 0 bridgehead atoms. The maximum atomic E-state index is 14.0. The van der Waals surface area contributed by atoms with Crippen LogP contribution in [0.2, 0.25) is 0 Å². The summed E-state index contributed by atoms with van der Waals surface area (Å²) in [4.78, 5) is 27.8. The molecular formula is C30H25F3N2O3. The topological polar surface area (TPSA) is 51.5 Å². The minimum atomic E-state index is -4.50. The van der Waals surface area contributed by atoms with E-state index in [0.717, 1.165) is 22.9 Å². The third-order valence-electron chi connectivity index (χ3n) is 6.99. The first-order chi connectivity index (χ1) is 18.1. The number of aryl methyl sites for hydroxylation is 2. The fourth-order valence-electron chi connectivity index (χ4n) is 4.99. The van der Waals surface area contributed by atoms with Crippen LogP contribution in [0, 0.1) is 13.8 Å². The lowest BCUT2D eigenvalue weighted by Gasteiger charge is -2.24. The zero-order valence-electron chi connectivity index (χ0n) is 21.1. The smallest absolute Gasteiger partial charge is 0.417 e.